The maximum absolute atomic E-state index is 12.3. The van der Waals surface area contributed by atoms with Crippen LogP contribution in [0.4, 0.5) is 11.4 Å². The summed E-state index contributed by atoms with van der Waals surface area (Å²) in [5.41, 5.74) is -0.403. The van der Waals surface area contributed by atoms with Gasteiger partial charge >= 0.3 is 5.63 Å². The zero-order chi connectivity index (χ0) is 17.3. The molecule has 0 unspecified atom stereocenters. The summed E-state index contributed by atoms with van der Waals surface area (Å²) in [5, 5.41) is 14.2. The van der Waals surface area contributed by atoms with Crippen LogP contribution in [0, 0.1) is 10.1 Å². The Morgan fingerprint density at radius 1 is 1.17 bits per heavy atom. The van der Waals surface area contributed by atoms with E-state index in [4.69, 9.17) is 4.42 Å². The Morgan fingerprint density at radius 2 is 1.92 bits per heavy atom. The molecule has 0 radical (unpaired) electrons. The zero-order valence-electron chi connectivity index (χ0n) is 12.0. The fourth-order valence-electron chi connectivity index (χ4n) is 2.15. The van der Waals surface area contributed by atoms with Gasteiger partial charge in [-0.3, -0.25) is 14.9 Å². The predicted octanol–water partition coefficient (Wildman–Crippen LogP) is 3.72. The molecule has 1 aromatic heterocycles. The lowest BCUT2D eigenvalue weighted by molar-refractivity contribution is -0.384. The average Bonchev–Trinajstić information content (AvgIpc) is 2.56. The summed E-state index contributed by atoms with van der Waals surface area (Å²) in [4.78, 5) is 34.4. The highest BCUT2D eigenvalue weighted by Crippen LogP contribution is 2.27. The smallest absolute Gasteiger partial charge is 0.344 e. The Morgan fingerprint density at radius 3 is 2.62 bits per heavy atom. The number of rotatable bonds is 3. The maximum Gasteiger partial charge on any atom is 0.344 e. The van der Waals surface area contributed by atoms with Crippen LogP contribution in [0.2, 0.25) is 0 Å². The Bertz CT molecular complexity index is 1030. The summed E-state index contributed by atoms with van der Waals surface area (Å²) in [6.45, 7) is 0. The minimum atomic E-state index is -0.632. The quantitative estimate of drug-likeness (QED) is 0.543. The highest BCUT2D eigenvalue weighted by atomic mass is 79.9. The van der Waals surface area contributed by atoms with E-state index in [1.54, 1.807) is 24.3 Å². The first kappa shape index (κ1) is 15.9. The molecule has 0 atom stereocenters. The minimum absolute atomic E-state index is 0.114. The number of nitro groups is 1. The lowest BCUT2D eigenvalue weighted by Gasteiger charge is -2.07. The molecule has 0 fully saturated rings. The molecule has 0 aliphatic rings. The number of non-ortho nitro benzene ring substituents is 1. The molecule has 1 amide bonds. The molecular weight excluding hydrogens is 380 g/mol. The normalized spacial score (nSPS) is 10.5. The van der Waals surface area contributed by atoms with Crippen LogP contribution in [0.15, 0.2) is 62.2 Å². The highest BCUT2D eigenvalue weighted by Gasteiger charge is 2.15. The number of hydrogen-bond acceptors (Lipinski definition) is 5. The van der Waals surface area contributed by atoms with E-state index < -0.39 is 16.5 Å². The fraction of sp³-hybridized carbons (Fsp3) is 0. The van der Waals surface area contributed by atoms with Crippen LogP contribution in [-0.2, 0) is 0 Å². The summed E-state index contributed by atoms with van der Waals surface area (Å²) in [6.07, 6.45) is 0. The van der Waals surface area contributed by atoms with Crippen molar-refractivity contribution in [1.29, 1.82) is 0 Å². The van der Waals surface area contributed by atoms with Gasteiger partial charge in [0.05, 0.1) is 16.0 Å². The summed E-state index contributed by atoms with van der Waals surface area (Å²) in [6, 6.07) is 12.1. The van der Waals surface area contributed by atoms with Gasteiger partial charge in [-0.15, -0.1) is 0 Å². The summed E-state index contributed by atoms with van der Waals surface area (Å²) >= 11 is 3.16. The van der Waals surface area contributed by atoms with Crippen LogP contribution in [0.1, 0.15) is 10.6 Å². The van der Waals surface area contributed by atoms with Crippen molar-refractivity contribution in [3.05, 3.63) is 79.3 Å². The van der Waals surface area contributed by atoms with Crippen molar-refractivity contribution in [1.82, 2.24) is 0 Å². The first-order chi connectivity index (χ1) is 11.5. The van der Waals surface area contributed by atoms with Crippen LogP contribution >= 0.6 is 15.9 Å². The lowest BCUT2D eigenvalue weighted by atomic mass is 10.1. The van der Waals surface area contributed by atoms with Gasteiger partial charge in [0, 0.05) is 16.6 Å². The average molecular weight is 389 g/mol. The SMILES string of the molecule is O=C(Nc1ccc([N+](=O)[O-])cc1Br)c1cc2ccccc2c(=O)o1. The topological polar surface area (TPSA) is 102 Å². The number of benzene rings is 2. The van der Waals surface area contributed by atoms with Gasteiger partial charge in [0.25, 0.3) is 11.6 Å². The molecule has 2 aromatic carbocycles. The third-order valence-corrected chi connectivity index (χ3v) is 3.96. The monoisotopic (exact) mass is 388 g/mol. The molecule has 0 saturated carbocycles. The van der Waals surface area contributed by atoms with Crippen LogP contribution in [0.3, 0.4) is 0 Å². The summed E-state index contributed by atoms with van der Waals surface area (Å²) in [7, 11) is 0. The Hall–Kier alpha value is -3.00. The van der Waals surface area contributed by atoms with Gasteiger partial charge in [-0.2, -0.15) is 0 Å². The number of nitro benzene ring substituents is 1. The zero-order valence-corrected chi connectivity index (χ0v) is 13.6. The first-order valence-corrected chi connectivity index (χ1v) is 7.53. The van der Waals surface area contributed by atoms with Gasteiger partial charge in [-0.1, -0.05) is 18.2 Å². The van der Waals surface area contributed by atoms with Crippen LogP contribution in [0.25, 0.3) is 10.8 Å². The Balaban J connectivity index is 1.93. The molecular formula is C16H9BrN2O5. The van der Waals surface area contributed by atoms with E-state index in [2.05, 4.69) is 21.2 Å². The molecule has 8 heteroatoms. The van der Waals surface area contributed by atoms with E-state index in [1.807, 2.05) is 0 Å². The molecule has 120 valence electrons. The van der Waals surface area contributed by atoms with Crippen molar-refractivity contribution in [2.75, 3.05) is 5.32 Å². The predicted molar refractivity (Wildman–Crippen MR) is 91.2 cm³/mol. The van der Waals surface area contributed by atoms with Crippen molar-refractivity contribution in [3.8, 4) is 0 Å². The molecule has 24 heavy (non-hydrogen) atoms. The van der Waals surface area contributed by atoms with E-state index in [-0.39, 0.29) is 11.4 Å². The van der Waals surface area contributed by atoms with Crippen LogP contribution < -0.4 is 10.9 Å². The molecule has 3 aromatic rings. The number of nitrogens with zero attached hydrogens (tertiary/aromatic N) is 1. The van der Waals surface area contributed by atoms with Gasteiger partial charge in [0.1, 0.15) is 0 Å². The standard InChI is InChI=1S/C16H9BrN2O5/c17-12-8-10(19(22)23)5-6-13(12)18-15(20)14-7-9-3-1-2-4-11(9)16(21)24-14/h1-8H,(H,18,20). The number of carbonyl (C=O) groups is 1. The van der Waals surface area contributed by atoms with E-state index in [9.17, 15) is 19.7 Å². The van der Waals surface area contributed by atoms with Gasteiger partial charge in [0.2, 0.25) is 0 Å². The van der Waals surface area contributed by atoms with Crippen molar-refractivity contribution in [3.63, 3.8) is 0 Å². The number of hydrogen-bond donors (Lipinski definition) is 1. The van der Waals surface area contributed by atoms with Crippen molar-refractivity contribution >= 4 is 44.0 Å². The Kier molecular flexibility index (Phi) is 4.13. The fourth-order valence-corrected chi connectivity index (χ4v) is 2.61. The van der Waals surface area contributed by atoms with Gasteiger partial charge in [-0.05, 0) is 39.5 Å². The molecule has 0 spiro atoms. The molecule has 0 bridgehead atoms. The second-order valence-corrected chi connectivity index (χ2v) is 5.72. The van der Waals surface area contributed by atoms with Gasteiger partial charge < -0.3 is 9.73 Å². The molecule has 0 aliphatic heterocycles. The molecule has 3 rings (SSSR count). The second kappa shape index (κ2) is 6.25. The highest BCUT2D eigenvalue weighted by molar-refractivity contribution is 9.10. The minimum Gasteiger partial charge on any atom is -0.417 e. The molecule has 7 nitrogen and oxygen atoms in total. The molecule has 0 saturated heterocycles. The number of fused-ring (bicyclic) bond motifs is 1. The van der Waals surface area contributed by atoms with Gasteiger partial charge in [-0.25, -0.2) is 4.79 Å². The van der Waals surface area contributed by atoms with E-state index in [0.29, 0.717) is 20.9 Å². The number of halogens is 1. The van der Waals surface area contributed by atoms with Crippen molar-refractivity contribution in [2.24, 2.45) is 0 Å². The van der Waals surface area contributed by atoms with Gasteiger partial charge in [0.15, 0.2) is 5.76 Å². The van der Waals surface area contributed by atoms with Crippen LogP contribution in [-0.4, -0.2) is 10.8 Å². The van der Waals surface area contributed by atoms with Crippen LogP contribution in [0.5, 0.6) is 0 Å². The van der Waals surface area contributed by atoms with E-state index in [0.717, 1.165) is 0 Å². The van der Waals surface area contributed by atoms with Crippen molar-refractivity contribution < 1.29 is 14.1 Å². The second-order valence-electron chi connectivity index (χ2n) is 4.86. The number of amides is 1. The number of anilines is 1. The van der Waals surface area contributed by atoms with E-state index >= 15 is 0 Å². The first-order valence-electron chi connectivity index (χ1n) is 6.74. The number of carbonyl (C=O) groups excluding carboxylic acids is 1. The molecule has 1 N–H and O–H groups in total. The largest absolute Gasteiger partial charge is 0.417 e. The molecule has 1 heterocycles. The third-order valence-electron chi connectivity index (χ3n) is 3.31. The summed E-state index contributed by atoms with van der Waals surface area (Å²) < 4.78 is 5.38. The lowest BCUT2D eigenvalue weighted by Crippen LogP contribution is -2.15. The summed E-state index contributed by atoms with van der Waals surface area (Å²) in [5.74, 6) is -0.781. The molecule has 0 aliphatic carbocycles. The van der Waals surface area contributed by atoms with Crippen molar-refractivity contribution in [2.45, 2.75) is 0 Å². The maximum atomic E-state index is 12.3. The van der Waals surface area contributed by atoms with E-state index in [1.165, 1.54) is 24.3 Å². The number of nitrogens with one attached hydrogen (secondary N) is 1. The third kappa shape index (κ3) is 3.04. The Labute approximate surface area is 143 Å².